The van der Waals surface area contributed by atoms with Crippen LogP contribution in [0, 0.1) is 5.92 Å². The number of nitrogens with one attached hydrogen (secondary N) is 1. The average molecular weight is 557 g/mol. The highest BCUT2D eigenvalue weighted by molar-refractivity contribution is 7.89. The summed E-state index contributed by atoms with van der Waals surface area (Å²) in [6, 6.07) is 1.48. The molecule has 2 fully saturated rings. The minimum atomic E-state index is -4.05. The molecule has 37 heavy (non-hydrogen) atoms. The van der Waals surface area contributed by atoms with E-state index in [4.69, 9.17) is 6.11 Å². The Kier molecular flexibility index (Phi) is 6.33. The quantitative estimate of drug-likeness (QED) is 0.470. The molecule has 0 aliphatic carbocycles. The van der Waals surface area contributed by atoms with Crippen molar-refractivity contribution >= 4 is 38.5 Å². The number of hydrogen-bond donors (Lipinski definition) is 1. The lowest BCUT2D eigenvalue weighted by Gasteiger charge is -2.38. The van der Waals surface area contributed by atoms with Crippen molar-refractivity contribution in [1.29, 1.82) is 0 Å². The first-order valence-corrected chi connectivity index (χ1v) is 14.0. The molecule has 2 saturated heterocycles. The minimum absolute atomic E-state index is 0.0326. The van der Waals surface area contributed by atoms with Gasteiger partial charge >= 0.3 is 0 Å². The van der Waals surface area contributed by atoms with Gasteiger partial charge < -0.3 is 14.5 Å². The second-order valence-corrected chi connectivity index (χ2v) is 12.4. The number of carbonyl (C=O) groups is 1. The van der Waals surface area contributed by atoms with Crippen molar-refractivity contribution in [3.8, 4) is 10.8 Å². The first-order chi connectivity index (χ1) is 17.9. The van der Waals surface area contributed by atoms with E-state index in [0.29, 0.717) is 48.7 Å². The SMILES string of the molecule is [2H]c1nc(-c2nnc(C(F)F)s2)n2cc(S(=O)(=O)NC3(C)COC3)cc(N3CCN(C(=O)C(C)C)CC3)c12. The molecule has 0 aromatic carbocycles. The molecule has 0 bridgehead atoms. The van der Waals surface area contributed by atoms with E-state index in [-0.39, 0.29) is 46.9 Å². The summed E-state index contributed by atoms with van der Waals surface area (Å²) < 4.78 is 71.1. The van der Waals surface area contributed by atoms with Crippen LogP contribution in [0.4, 0.5) is 14.5 Å². The predicted molar refractivity (Wildman–Crippen MR) is 132 cm³/mol. The van der Waals surface area contributed by atoms with Crippen LogP contribution < -0.4 is 9.62 Å². The van der Waals surface area contributed by atoms with Crippen molar-refractivity contribution in [3.63, 3.8) is 0 Å². The Morgan fingerprint density at radius 1 is 1.24 bits per heavy atom. The highest BCUT2D eigenvalue weighted by atomic mass is 32.2. The highest BCUT2D eigenvalue weighted by Gasteiger charge is 2.38. The number of amides is 1. The molecule has 1 amide bonds. The number of aromatic nitrogens is 4. The van der Waals surface area contributed by atoms with Crippen molar-refractivity contribution in [3.05, 3.63) is 23.4 Å². The molecule has 1 N–H and O–H groups in total. The van der Waals surface area contributed by atoms with Gasteiger partial charge in [0.2, 0.25) is 15.9 Å². The number of sulfonamides is 1. The Morgan fingerprint density at radius 3 is 2.51 bits per heavy atom. The molecule has 200 valence electrons. The van der Waals surface area contributed by atoms with Gasteiger partial charge in [0, 0.05) is 38.3 Å². The molecule has 0 radical (unpaired) electrons. The third-order valence-electron chi connectivity index (χ3n) is 6.29. The van der Waals surface area contributed by atoms with Crippen molar-refractivity contribution in [1.82, 2.24) is 29.2 Å². The third kappa shape index (κ3) is 4.92. The number of ether oxygens (including phenoxy) is 1. The first-order valence-electron chi connectivity index (χ1n) is 12.2. The molecule has 0 atom stereocenters. The van der Waals surface area contributed by atoms with Crippen LogP contribution >= 0.6 is 11.3 Å². The number of nitrogens with zero attached hydrogens (tertiary/aromatic N) is 6. The maximum Gasteiger partial charge on any atom is 0.291 e. The zero-order valence-electron chi connectivity index (χ0n) is 21.4. The molecule has 5 rings (SSSR count). The summed E-state index contributed by atoms with van der Waals surface area (Å²) in [5, 5.41) is 6.86. The maximum atomic E-state index is 13.4. The van der Waals surface area contributed by atoms with E-state index < -0.39 is 27.0 Å². The highest BCUT2D eigenvalue weighted by Crippen LogP contribution is 2.34. The Labute approximate surface area is 217 Å². The summed E-state index contributed by atoms with van der Waals surface area (Å²) in [7, 11) is -4.05. The number of anilines is 1. The number of hydrogen-bond acceptors (Lipinski definition) is 9. The van der Waals surface area contributed by atoms with E-state index in [1.54, 1.807) is 11.8 Å². The van der Waals surface area contributed by atoms with Gasteiger partial charge in [0.15, 0.2) is 15.8 Å². The van der Waals surface area contributed by atoms with Gasteiger partial charge in [-0.25, -0.2) is 26.9 Å². The standard InChI is InChI=1S/C22H27F2N7O4S2/c1-13(2)21(32)30-6-4-29(5-7-30)15-8-14(37(33,34)28-22(3)11-35-12-22)10-31-16(15)9-25-18(31)20-27-26-19(36-20)17(23)24/h8-10,13,17,28H,4-7,11-12H2,1-3H3/i9D. The molecule has 0 saturated carbocycles. The summed E-state index contributed by atoms with van der Waals surface area (Å²) in [6.07, 6.45) is -1.68. The molecule has 0 spiro atoms. The van der Waals surface area contributed by atoms with Gasteiger partial charge in [0.25, 0.3) is 6.43 Å². The number of pyridine rings is 1. The van der Waals surface area contributed by atoms with E-state index in [1.165, 1.54) is 16.7 Å². The Bertz CT molecular complexity index is 1480. The first kappa shape index (κ1) is 24.6. The van der Waals surface area contributed by atoms with Crippen LogP contribution in [0.5, 0.6) is 0 Å². The maximum absolute atomic E-state index is 13.4. The van der Waals surface area contributed by atoms with Gasteiger partial charge in [-0.3, -0.25) is 9.20 Å². The molecule has 5 heterocycles. The molecule has 3 aromatic rings. The van der Waals surface area contributed by atoms with E-state index in [0.717, 1.165) is 0 Å². The molecular formula is C22H27F2N7O4S2. The van der Waals surface area contributed by atoms with E-state index in [2.05, 4.69) is 19.9 Å². The van der Waals surface area contributed by atoms with Crippen LogP contribution in [0.1, 0.15) is 33.6 Å². The van der Waals surface area contributed by atoms with Gasteiger partial charge in [-0.05, 0) is 13.0 Å². The largest absolute Gasteiger partial charge is 0.377 e. The van der Waals surface area contributed by atoms with E-state index in [9.17, 15) is 22.0 Å². The summed E-state index contributed by atoms with van der Waals surface area (Å²) in [4.78, 5) is 20.3. The Morgan fingerprint density at radius 2 is 1.95 bits per heavy atom. The van der Waals surface area contributed by atoms with Gasteiger partial charge in [0.1, 0.15) is 4.90 Å². The van der Waals surface area contributed by atoms with Crippen LogP contribution in [0.3, 0.4) is 0 Å². The molecule has 0 unspecified atom stereocenters. The average Bonchev–Trinajstić information content (AvgIpc) is 3.47. The summed E-state index contributed by atoms with van der Waals surface area (Å²) in [5.41, 5.74) is -0.0305. The molecule has 3 aromatic heterocycles. The number of rotatable bonds is 7. The molecule has 15 heteroatoms. The van der Waals surface area contributed by atoms with Crippen LogP contribution in [0.2, 0.25) is 0 Å². The van der Waals surface area contributed by atoms with Crippen molar-refractivity contribution in [2.45, 2.75) is 37.6 Å². The molecule has 11 nitrogen and oxygen atoms in total. The van der Waals surface area contributed by atoms with Crippen LogP contribution in [-0.2, 0) is 19.6 Å². The van der Waals surface area contributed by atoms with Crippen LogP contribution in [0.15, 0.2) is 23.3 Å². The summed E-state index contributed by atoms with van der Waals surface area (Å²) in [5.74, 6) is -0.0726. The zero-order chi connectivity index (χ0) is 27.4. The lowest BCUT2D eigenvalue weighted by Crippen LogP contribution is -2.59. The van der Waals surface area contributed by atoms with Gasteiger partial charge in [-0.15, -0.1) is 10.2 Å². The number of imidazole rings is 1. The van der Waals surface area contributed by atoms with Crippen molar-refractivity contribution < 1.29 is 28.1 Å². The number of piperazine rings is 1. The van der Waals surface area contributed by atoms with Gasteiger partial charge in [-0.1, -0.05) is 25.2 Å². The van der Waals surface area contributed by atoms with Gasteiger partial charge in [-0.2, -0.15) is 0 Å². The second-order valence-electron chi connectivity index (χ2n) is 9.70. The van der Waals surface area contributed by atoms with Crippen molar-refractivity contribution in [2.75, 3.05) is 44.3 Å². The number of carbonyl (C=O) groups excluding carboxylic acids is 1. The summed E-state index contributed by atoms with van der Waals surface area (Å²) >= 11 is 0.628. The lowest BCUT2D eigenvalue weighted by molar-refractivity contribution is -0.134. The Balaban J connectivity index is 1.61. The zero-order valence-corrected chi connectivity index (χ0v) is 22.1. The Hall–Kier alpha value is -2.75. The second kappa shape index (κ2) is 9.53. The minimum Gasteiger partial charge on any atom is -0.377 e. The molecule has 2 aliphatic heterocycles. The lowest BCUT2D eigenvalue weighted by atomic mass is 10.0. The smallest absolute Gasteiger partial charge is 0.291 e. The normalized spacial score (nSPS) is 18.5. The fourth-order valence-electron chi connectivity index (χ4n) is 4.33. The van der Waals surface area contributed by atoms with Gasteiger partial charge in [0.05, 0.1) is 37.5 Å². The van der Waals surface area contributed by atoms with Crippen LogP contribution in [0.25, 0.3) is 16.3 Å². The number of halogens is 2. The number of fused-ring (bicyclic) bond motifs is 1. The predicted octanol–water partition coefficient (Wildman–Crippen LogP) is 2.16. The fraction of sp³-hybridized carbons (Fsp3) is 0.545. The fourth-order valence-corrected chi connectivity index (χ4v) is 6.41. The third-order valence-corrected chi connectivity index (χ3v) is 8.82. The topological polar surface area (TPSA) is 122 Å². The monoisotopic (exact) mass is 556 g/mol. The summed E-state index contributed by atoms with van der Waals surface area (Å²) in [6.45, 7) is 7.52. The number of alkyl halides is 2. The van der Waals surface area contributed by atoms with Crippen molar-refractivity contribution in [2.24, 2.45) is 5.92 Å². The van der Waals surface area contributed by atoms with E-state index >= 15 is 0 Å². The van der Waals surface area contributed by atoms with Crippen LogP contribution in [-0.4, -0.2) is 83.7 Å². The van der Waals surface area contributed by atoms with E-state index in [1.807, 2.05) is 18.7 Å². The molecular weight excluding hydrogens is 528 g/mol. The molecule has 2 aliphatic rings.